The summed E-state index contributed by atoms with van der Waals surface area (Å²) < 4.78 is 11.5. The van der Waals surface area contributed by atoms with E-state index in [0.29, 0.717) is 23.4 Å². The van der Waals surface area contributed by atoms with E-state index in [1.807, 2.05) is 11.8 Å². The lowest BCUT2D eigenvalue weighted by atomic mass is 9.64. The third-order valence-corrected chi connectivity index (χ3v) is 19.3. The molecule has 2 aliphatic heterocycles. The molecule has 10 unspecified atom stereocenters. The van der Waals surface area contributed by atoms with Crippen molar-refractivity contribution in [2.24, 2.45) is 47.3 Å². The van der Waals surface area contributed by atoms with Gasteiger partial charge in [0, 0.05) is 67.5 Å². The first kappa shape index (κ1) is 40.8. The average Bonchev–Trinajstić information content (AvgIpc) is 3.81. The number of ketones is 2. The van der Waals surface area contributed by atoms with Gasteiger partial charge in [-0.3, -0.25) is 9.59 Å². The molecule has 0 aromatic heterocycles. The summed E-state index contributed by atoms with van der Waals surface area (Å²) in [7, 11) is 3.47. The number of methoxy groups -OCH3 is 2. The maximum Gasteiger partial charge on any atom is 0.139 e. The summed E-state index contributed by atoms with van der Waals surface area (Å²) in [6.07, 6.45) is 7.45. The SMILES string of the molecule is COc1ccc2c(c1)N(C1CCC3C(=O)C4CC5C(CC4C3C1)C(=O)C1CCC(N3c4cc(-c6ccccc6)ccc4Sc4ccc(-c6ccccc6)cc43)CC15)c1cc(OC)ccc1S2. The van der Waals surface area contributed by atoms with Crippen molar-refractivity contribution in [3.05, 3.63) is 133 Å². The highest BCUT2D eigenvalue weighted by molar-refractivity contribution is 8.00. The molecule has 5 aliphatic carbocycles. The van der Waals surface area contributed by atoms with Crippen molar-refractivity contribution >= 4 is 57.8 Å². The predicted molar refractivity (Wildman–Crippen MR) is 265 cm³/mol. The number of rotatable bonds is 6. The Kier molecular flexibility index (Phi) is 9.97. The third-order valence-electron chi connectivity index (χ3n) is 17.1. The molecule has 5 fully saturated rings. The van der Waals surface area contributed by atoms with E-state index < -0.39 is 0 Å². The highest BCUT2D eigenvalue weighted by Gasteiger charge is 2.62. The van der Waals surface area contributed by atoms with Crippen LogP contribution in [0.15, 0.2) is 153 Å². The topological polar surface area (TPSA) is 59.1 Å². The van der Waals surface area contributed by atoms with Gasteiger partial charge in [-0.05, 0) is 146 Å². The fourth-order valence-corrected chi connectivity index (χ4v) is 16.3. The van der Waals surface area contributed by atoms with Crippen LogP contribution in [0.3, 0.4) is 0 Å². The zero-order valence-corrected chi connectivity index (χ0v) is 39.1. The van der Waals surface area contributed by atoms with Gasteiger partial charge in [-0.15, -0.1) is 0 Å². The summed E-state index contributed by atoms with van der Waals surface area (Å²) in [4.78, 5) is 39.9. The molecule has 2 heterocycles. The van der Waals surface area contributed by atoms with E-state index in [1.54, 1.807) is 26.0 Å². The van der Waals surface area contributed by atoms with Gasteiger partial charge in [0.15, 0.2) is 0 Å². The largest absolute Gasteiger partial charge is 0.497 e. The highest BCUT2D eigenvalue weighted by Crippen LogP contribution is 2.63. The van der Waals surface area contributed by atoms with Crippen LogP contribution in [0.2, 0.25) is 0 Å². The number of hydrogen-bond acceptors (Lipinski definition) is 8. The molecule has 0 radical (unpaired) electrons. The molecule has 332 valence electrons. The first-order valence-corrected chi connectivity index (χ1v) is 25.8. The van der Waals surface area contributed by atoms with Crippen molar-refractivity contribution in [3.8, 4) is 33.8 Å². The first-order chi connectivity index (χ1) is 32.4. The predicted octanol–water partition coefficient (Wildman–Crippen LogP) is 13.9. The molecule has 5 saturated carbocycles. The number of hydrogen-bond donors (Lipinski definition) is 0. The van der Waals surface area contributed by atoms with Crippen molar-refractivity contribution in [2.45, 2.75) is 83.0 Å². The van der Waals surface area contributed by atoms with Gasteiger partial charge in [0.25, 0.3) is 0 Å². The van der Waals surface area contributed by atoms with Gasteiger partial charge in [0.2, 0.25) is 0 Å². The zero-order chi connectivity index (χ0) is 44.2. The minimum Gasteiger partial charge on any atom is -0.497 e. The molecule has 10 atom stereocenters. The van der Waals surface area contributed by atoms with Crippen molar-refractivity contribution in [1.82, 2.24) is 0 Å². The Hall–Kier alpha value is -5.44. The lowest BCUT2D eigenvalue weighted by molar-refractivity contribution is -0.129. The van der Waals surface area contributed by atoms with E-state index in [2.05, 4.69) is 143 Å². The van der Waals surface area contributed by atoms with E-state index in [-0.39, 0.29) is 47.6 Å². The van der Waals surface area contributed by atoms with Crippen molar-refractivity contribution in [3.63, 3.8) is 0 Å². The second kappa shape index (κ2) is 16.1. The summed E-state index contributed by atoms with van der Waals surface area (Å²) in [6.45, 7) is 0. The molecule has 8 heteroatoms. The molecule has 6 aromatic rings. The van der Waals surface area contributed by atoms with Crippen LogP contribution < -0.4 is 19.3 Å². The number of anilines is 4. The van der Waals surface area contributed by atoms with Crippen LogP contribution >= 0.6 is 23.5 Å². The minimum absolute atomic E-state index is 0.0540. The zero-order valence-electron chi connectivity index (χ0n) is 37.5. The molecule has 6 nitrogen and oxygen atoms in total. The molecule has 0 spiro atoms. The second-order valence-electron chi connectivity index (χ2n) is 20.0. The second-order valence-corrected chi connectivity index (χ2v) is 22.2. The molecule has 0 saturated heterocycles. The van der Waals surface area contributed by atoms with Crippen LogP contribution in [0.5, 0.6) is 11.5 Å². The number of carbonyl (C=O) groups excluding carboxylic acids is 2. The normalized spacial score (nSPS) is 29.1. The lowest BCUT2D eigenvalue weighted by Gasteiger charge is -2.46. The molecule has 0 amide bonds. The molecule has 13 rings (SSSR count). The van der Waals surface area contributed by atoms with E-state index >= 15 is 0 Å². The first-order valence-electron chi connectivity index (χ1n) is 24.2. The van der Waals surface area contributed by atoms with Gasteiger partial charge in [0.1, 0.15) is 23.1 Å². The van der Waals surface area contributed by atoms with Crippen LogP contribution in [0.25, 0.3) is 22.3 Å². The van der Waals surface area contributed by atoms with Crippen LogP contribution in [-0.2, 0) is 9.59 Å². The van der Waals surface area contributed by atoms with E-state index in [4.69, 9.17) is 9.47 Å². The number of nitrogens with zero attached hydrogens (tertiary/aromatic N) is 2. The van der Waals surface area contributed by atoms with Gasteiger partial charge in [-0.1, -0.05) is 96.3 Å². The van der Waals surface area contributed by atoms with Gasteiger partial charge in [-0.25, -0.2) is 0 Å². The number of benzene rings is 6. The molecular formula is C58H54N2O4S2. The number of Topliss-reactive ketones (excluding diaryl/α,β-unsaturated/α-hetero) is 2. The van der Waals surface area contributed by atoms with E-state index in [0.717, 1.165) is 62.9 Å². The Morgan fingerprint density at radius 2 is 0.788 bits per heavy atom. The molecule has 0 bridgehead atoms. The maximum atomic E-state index is 14.9. The summed E-state index contributed by atoms with van der Waals surface area (Å²) in [6, 6.07) is 48.8. The van der Waals surface area contributed by atoms with E-state index in [1.165, 1.54) is 64.6 Å². The van der Waals surface area contributed by atoms with E-state index in [9.17, 15) is 9.59 Å². The van der Waals surface area contributed by atoms with Crippen LogP contribution in [-0.4, -0.2) is 37.9 Å². The van der Waals surface area contributed by atoms with Gasteiger partial charge >= 0.3 is 0 Å². The van der Waals surface area contributed by atoms with Crippen LogP contribution in [0, 0.1) is 47.3 Å². The summed E-state index contributed by atoms with van der Waals surface area (Å²) in [5.74, 6) is 4.12. The fourth-order valence-electron chi connectivity index (χ4n) is 14.2. The standard InChI is InChI=1S/C58H54N2O4S2/c1-63-39-17-23-55-51(29-39)60(52-30-40(64-2)18-24-56(52)66-55)38-16-20-42-44(28-38)46-32-47-45(31-48(46)58(42)62)43-27-37(15-19-41(43)57(47)61)59-49-25-35(33-9-5-3-6-10-33)13-21-53(49)65-54-22-14-36(26-50(54)59)34-11-7-4-8-12-34/h3-14,17-18,21-26,29-30,37-38,41-48H,15-16,19-20,27-28,31-32H2,1-2H3. The Bertz CT molecular complexity index is 2760. The summed E-state index contributed by atoms with van der Waals surface area (Å²) in [5, 5.41) is 0. The minimum atomic E-state index is 0.0540. The Labute approximate surface area is 396 Å². The summed E-state index contributed by atoms with van der Waals surface area (Å²) >= 11 is 3.67. The maximum absolute atomic E-state index is 14.9. The average molecular weight is 907 g/mol. The lowest BCUT2D eigenvalue weighted by Crippen LogP contribution is -2.42. The summed E-state index contributed by atoms with van der Waals surface area (Å²) in [5.41, 5.74) is 9.76. The number of ether oxygens (including phenoxy) is 2. The van der Waals surface area contributed by atoms with Gasteiger partial charge in [-0.2, -0.15) is 0 Å². The van der Waals surface area contributed by atoms with Crippen LogP contribution in [0.4, 0.5) is 22.7 Å². The van der Waals surface area contributed by atoms with Gasteiger partial charge in [0.05, 0.1) is 37.0 Å². The highest BCUT2D eigenvalue weighted by atomic mass is 32.2. The smallest absolute Gasteiger partial charge is 0.139 e. The number of fused-ring (bicyclic) bond motifs is 10. The monoisotopic (exact) mass is 906 g/mol. The fraction of sp³-hybridized carbons (Fsp3) is 0.345. The molecule has 7 aliphatic rings. The molecule has 66 heavy (non-hydrogen) atoms. The Morgan fingerprint density at radius 1 is 0.409 bits per heavy atom. The van der Waals surface area contributed by atoms with Crippen molar-refractivity contribution < 1.29 is 19.1 Å². The van der Waals surface area contributed by atoms with Crippen molar-refractivity contribution in [1.29, 1.82) is 0 Å². The van der Waals surface area contributed by atoms with Crippen molar-refractivity contribution in [2.75, 3.05) is 24.0 Å². The Morgan fingerprint density at radius 3 is 1.20 bits per heavy atom. The quantitative estimate of drug-likeness (QED) is 0.164. The molecular weight excluding hydrogens is 853 g/mol. The number of carbonyl (C=O) groups is 2. The molecule has 6 aromatic carbocycles. The van der Waals surface area contributed by atoms with Gasteiger partial charge < -0.3 is 19.3 Å². The van der Waals surface area contributed by atoms with Crippen LogP contribution in [0.1, 0.15) is 51.4 Å². The third kappa shape index (κ3) is 6.52. The molecule has 0 N–H and O–H groups in total. The Balaban J connectivity index is 0.809.